The second-order valence-electron chi connectivity index (χ2n) is 4.85. The first-order valence-corrected chi connectivity index (χ1v) is 6.05. The number of nitrogens with one attached hydrogen (secondary N) is 1. The summed E-state index contributed by atoms with van der Waals surface area (Å²) >= 11 is 0. The SMILES string of the molecule is COC1(Cc2ccc3ccccc3c2)CNC1. The normalized spacial score (nSPS) is 17.9. The molecule has 3 rings (SSSR count). The lowest BCUT2D eigenvalue weighted by Gasteiger charge is -2.41. The molecule has 88 valence electrons. The average Bonchev–Trinajstić information content (AvgIpc) is 2.34. The van der Waals surface area contributed by atoms with Crippen LogP contribution in [0.4, 0.5) is 0 Å². The molecule has 0 saturated carbocycles. The van der Waals surface area contributed by atoms with Crippen molar-refractivity contribution in [2.24, 2.45) is 0 Å². The Hall–Kier alpha value is -1.38. The van der Waals surface area contributed by atoms with Crippen molar-refractivity contribution in [2.45, 2.75) is 12.0 Å². The highest BCUT2D eigenvalue weighted by Gasteiger charge is 2.36. The summed E-state index contributed by atoms with van der Waals surface area (Å²) in [6.07, 6.45) is 0.987. The van der Waals surface area contributed by atoms with Gasteiger partial charge in [0.1, 0.15) is 0 Å². The molecular weight excluding hydrogens is 210 g/mol. The van der Waals surface area contributed by atoms with Crippen LogP contribution in [0.15, 0.2) is 42.5 Å². The molecule has 0 atom stereocenters. The van der Waals surface area contributed by atoms with Crippen LogP contribution in [0.2, 0.25) is 0 Å². The molecule has 0 unspecified atom stereocenters. The van der Waals surface area contributed by atoms with Crippen molar-refractivity contribution < 1.29 is 4.74 Å². The molecule has 0 amide bonds. The monoisotopic (exact) mass is 227 g/mol. The van der Waals surface area contributed by atoms with Gasteiger partial charge in [-0.2, -0.15) is 0 Å². The van der Waals surface area contributed by atoms with E-state index >= 15 is 0 Å². The van der Waals surface area contributed by atoms with Crippen LogP contribution in [-0.2, 0) is 11.2 Å². The zero-order chi connectivity index (χ0) is 11.7. The molecule has 1 aliphatic heterocycles. The van der Waals surface area contributed by atoms with Crippen LogP contribution in [-0.4, -0.2) is 25.8 Å². The lowest BCUT2D eigenvalue weighted by molar-refractivity contribution is -0.0502. The molecule has 1 saturated heterocycles. The van der Waals surface area contributed by atoms with Gasteiger partial charge in [0.25, 0.3) is 0 Å². The number of fused-ring (bicyclic) bond motifs is 1. The van der Waals surface area contributed by atoms with Gasteiger partial charge in [-0.25, -0.2) is 0 Å². The summed E-state index contributed by atoms with van der Waals surface area (Å²) in [4.78, 5) is 0. The van der Waals surface area contributed by atoms with Gasteiger partial charge in [-0.15, -0.1) is 0 Å². The summed E-state index contributed by atoms with van der Waals surface area (Å²) in [6, 6.07) is 15.2. The second kappa shape index (κ2) is 4.13. The van der Waals surface area contributed by atoms with E-state index in [-0.39, 0.29) is 5.60 Å². The minimum Gasteiger partial charge on any atom is -0.375 e. The molecule has 0 aliphatic carbocycles. The van der Waals surface area contributed by atoms with Crippen molar-refractivity contribution in [2.75, 3.05) is 20.2 Å². The van der Waals surface area contributed by atoms with Crippen LogP contribution in [0.1, 0.15) is 5.56 Å². The molecule has 0 radical (unpaired) electrons. The minimum atomic E-state index is 0.0163. The van der Waals surface area contributed by atoms with Gasteiger partial charge in [0.2, 0.25) is 0 Å². The molecule has 0 spiro atoms. The predicted octanol–water partition coefficient (Wildman–Crippen LogP) is 2.37. The molecule has 2 heteroatoms. The van der Waals surface area contributed by atoms with Gasteiger partial charge in [-0.1, -0.05) is 42.5 Å². The summed E-state index contributed by atoms with van der Waals surface area (Å²) in [5.41, 5.74) is 1.37. The minimum absolute atomic E-state index is 0.0163. The number of hydrogen-bond acceptors (Lipinski definition) is 2. The summed E-state index contributed by atoms with van der Waals surface area (Å²) < 4.78 is 5.63. The van der Waals surface area contributed by atoms with E-state index in [1.165, 1.54) is 16.3 Å². The van der Waals surface area contributed by atoms with E-state index in [9.17, 15) is 0 Å². The Morgan fingerprint density at radius 3 is 2.53 bits per heavy atom. The van der Waals surface area contributed by atoms with Crippen LogP contribution in [0.25, 0.3) is 10.8 Å². The van der Waals surface area contributed by atoms with Crippen LogP contribution >= 0.6 is 0 Å². The molecular formula is C15H17NO. The Balaban J connectivity index is 1.90. The van der Waals surface area contributed by atoms with Gasteiger partial charge in [-0.05, 0) is 16.3 Å². The third-order valence-corrected chi connectivity index (χ3v) is 3.67. The second-order valence-corrected chi connectivity index (χ2v) is 4.85. The molecule has 0 bridgehead atoms. The van der Waals surface area contributed by atoms with Crippen LogP contribution in [0.5, 0.6) is 0 Å². The van der Waals surface area contributed by atoms with Crippen LogP contribution in [0.3, 0.4) is 0 Å². The number of methoxy groups -OCH3 is 1. The van der Waals surface area contributed by atoms with Gasteiger partial charge in [0.15, 0.2) is 0 Å². The topological polar surface area (TPSA) is 21.3 Å². The zero-order valence-corrected chi connectivity index (χ0v) is 10.1. The van der Waals surface area contributed by atoms with E-state index in [4.69, 9.17) is 4.74 Å². The zero-order valence-electron chi connectivity index (χ0n) is 10.1. The highest BCUT2D eigenvalue weighted by atomic mass is 16.5. The Labute approximate surface area is 102 Å². The highest BCUT2D eigenvalue weighted by Crippen LogP contribution is 2.24. The van der Waals surface area contributed by atoms with Gasteiger partial charge in [0.05, 0.1) is 5.60 Å². The summed E-state index contributed by atoms with van der Waals surface area (Å²) in [5.74, 6) is 0. The number of ether oxygens (including phenoxy) is 1. The molecule has 2 aromatic carbocycles. The van der Waals surface area contributed by atoms with E-state index in [0.29, 0.717) is 0 Å². The van der Waals surface area contributed by atoms with Crippen LogP contribution in [0, 0.1) is 0 Å². The number of benzene rings is 2. The van der Waals surface area contributed by atoms with Crippen molar-refractivity contribution in [1.29, 1.82) is 0 Å². The van der Waals surface area contributed by atoms with Crippen molar-refractivity contribution >= 4 is 10.8 Å². The van der Waals surface area contributed by atoms with Gasteiger partial charge in [-0.3, -0.25) is 0 Å². The largest absolute Gasteiger partial charge is 0.375 e. The fraction of sp³-hybridized carbons (Fsp3) is 0.333. The van der Waals surface area contributed by atoms with Crippen LogP contribution < -0.4 is 5.32 Å². The van der Waals surface area contributed by atoms with Crippen molar-refractivity contribution in [3.8, 4) is 0 Å². The fourth-order valence-corrected chi connectivity index (χ4v) is 2.47. The Bertz CT molecular complexity index is 526. The van der Waals surface area contributed by atoms with E-state index in [2.05, 4.69) is 47.8 Å². The Kier molecular flexibility index (Phi) is 2.61. The quantitative estimate of drug-likeness (QED) is 0.869. The molecule has 1 N–H and O–H groups in total. The molecule has 0 aromatic heterocycles. The Morgan fingerprint density at radius 2 is 1.88 bits per heavy atom. The standard InChI is InChI=1S/C15H17NO/c1-17-15(10-16-11-15)9-12-6-7-13-4-2-3-5-14(13)8-12/h2-8,16H,9-11H2,1H3. The van der Waals surface area contributed by atoms with Gasteiger partial charge >= 0.3 is 0 Å². The first-order chi connectivity index (χ1) is 8.31. The molecule has 1 aliphatic rings. The fourth-order valence-electron chi connectivity index (χ4n) is 2.47. The van der Waals surface area contributed by atoms with E-state index < -0.39 is 0 Å². The lowest BCUT2D eigenvalue weighted by Crippen LogP contribution is -2.61. The van der Waals surface area contributed by atoms with Crippen molar-refractivity contribution in [3.63, 3.8) is 0 Å². The maximum absolute atomic E-state index is 5.63. The maximum atomic E-state index is 5.63. The highest BCUT2D eigenvalue weighted by molar-refractivity contribution is 5.83. The van der Waals surface area contributed by atoms with Gasteiger partial charge < -0.3 is 10.1 Å². The van der Waals surface area contributed by atoms with Gasteiger partial charge in [0, 0.05) is 26.6 Å². The molecule has 2 nitrogen and oxygen atoms in total. The third kappa shape index (κ3) is 1.94. The first-order valence-electron chi connectivity index (χ1n) is 6.05. The molecule has 2 aromatic rings. The van der Waals surface area contributed by atoms with E-state index in [0.717, 1.165) is 19.5 Å². The average molecular weight is 227 g/mol. The Morgan fingerprint density at radius 1 is 1.12 bits per heavy atom. The smallest absolute Gasteiger partial charge is 0.0966 e. The molecule has 1 fully saturated rings. The molecule has 1 heterocycles. The predicted molar refractivity (Wildman–Crippen MR) is 70.3 cm³/mol. The van der Waals surface area contributed by atoms with Crippen molar-refractivity contribution in [3.05, 3.63) is 48.0 Å². The third-order valence-electron chi connectivity index (χ3n) is 3.67. The summed E-state index contributed by atoms with van der Waals surface area (Å²) in [7, 11) is 1.81. The number of hydrogen-bond donors (Lipinski definition) is 1. The summed E-state index contributed by atoms with van der Waals surface area (Å²) in [5, 5.41) is 5.89. The lowest BCUT2D eigenvalue weighted by atomic mass is 9.88. The van der Waals surface area contributed by atoms with Crippen molar-refractivity contribution in [1.82, 2.24) is 5.32 Å². The maximum Gasteiger partial charge on any atom is 0.0966 e. The summed E-state index contributed by atoms with van der Waals surface area (Å²) in [6.45, 7) is 1.91. The number of rotatable bonds is 3. The molecule has 17 heavy (non-hydrogen) atoms. The first kappa shape index (κ1) is 10.8. The van der Waals surface area contributed by atoms with E-state index in [1.807, 2.05) is 7.11 Å². The van der Waals surface area contributed by atoms with E-state index in [1.54, 1.807) is 0 Å².